The van der Waals surface area contributed by atoms with Crippen molar-refractivity contribution in [3.05, 3.63) is 18.0 Å². The zero-order chi connectivity index (χ0) is 17.0. The average molecular weight is 320 g/mol. The highest BCUT2D eigenvalue weighted by Crippen LogP contribution is 2.21. The summed E-state index contributed by atoms with van der Waals surface area (Å²) in [4.78, 5) is 24.8. The monoisotopic (exact) mass is 320 g/mol. The Bertz CT molecular complexity index is 534. The smallest absolute Gasteiger partial charge is 0.410 e. The molecule has 128 valence electrons. The van der Waals surface area contributed by atoms with Crippen LogP contribution in [0.25, 0.3) is 0 Å². The van der Waals surface area contributed by atoms with Gasteiger partial charge in [-0.3, -0.25) is 0 Å². The third kappa shape index (κ3) is 5.37. The molecule has 2 rings (SSSR count). The Labute approximate surface area is 138 Å². The van der Waals surface area contributed by atoms with Gasteiger partial charge in [-0.1, -0.05) is 0 Å². The summed E-state index contributed by atoms with van der Waals surface area (Å²) in [6, 6.07) is 1.90. The molecule has 1 aliphatic rings. The number of piperidine rings is 1. The molecular formula is C17H28N4O2. The van der Waals surface area contributed by atoms with Crippen molar-refractivity contribution in [3.8, 4) is 0 Å². The van der Waals surface area contributed by atoms with Gasteiger partial charge in [-0.15, -0.1) is 0 Å². The van der Waals surface area contributed by atoms with E-state index < -0.39 is 5.60 Å². The van der Waals surface area contributed by atoms with Crippen LogP contribution in [-0.2, 0) is 4.74 Å². The molecule has 1 aromatic heterocycles. The number of aromatic nitrogens is 2. The second-order valence-electron chi connectivity index (χ2n) is 7.29. The minimum absolute atomic E-state index is 0.202. The summed E-state index contributed by atoms with van der Waals surface area (Å²) < 4.78 is 5.43. The number of carbonyl (C=O) groups is 1. The van der Waals surface area contributed by atoms with Gasteiger partial charge in [0.2, 0.25) is 5.95 Å². The molecule has 0 spiro atoms. The van der Waals surface area contributed by atoms with Crippen molar-refractivity contribution in [2.75, 3.05) is 31.6 Å². The number of likely N-dealkylation sites (tertiary alicyclic amines) is 1. The lowest BCUT2D eigenvalue weighted by Gasteiger charge is -2.34. The normalized spacial score (nSPS) is 16.3. The fraction of sp³-hybridized carbons (Fsp3) is 0.706. The van der Waals surface area contributed by atoms with Crippen LogP contribution >= 0.6 is 0 Å². The maximum absolute atomic E-state index is 12.1. The summed E-state index contributed by atoms with van der Waals surface area (Å²) in [5.74, 6) is 1.31. The van der Waals surface area contributed by atoms with Gasteiger partial charge in [0.25, 0.3) is 0 Å². The molecule has 23 heavy (non-hydrogen) atoms. The summed E-state index contributed by atoms with van der Waals surface area (Å²) in [5, 5.41) is 0. The number of nitrogens with zero attached hydrogens (tertiary/aromatic N) is 4. The number of hydrogen-bond acceptors (Lipinski definition) is 5. The van der Waals surface area contributed by atoms with E-state index in [1.54, 1.807) is 6.20 Å². The maximum atomic E-state index is 12.1. The fourth-order valence-electron chi connectivity index (χ4n) is 2.71. The molecule has 1 aromatic rings. The first kappa shape index (κ1) is 17.5. The minimum atomic E-state index is -0.434. The standard InChI is InChI=1S/C17H28N4O2/c1-13-6-9-18-15(19-13)20(5)12-14-7-10-21(11-8-14)16(22)23-17(2,3)4/h6,9,14H,7-8,10-12H2,1-5H3. The van der Waals surface area contributed by atoms with Crippen LogP contribution in [0.4, 0.5) is 10.7 Å². The molecule has 1 aliphatic heterocycles. The molecule has 0 bridgehead atoms. The summed E-state index contributed by atoms with van der Waals surface area (Å²) in [7, 11) is 2.02. The Morgan fingerprint density at radius 2 is 2.04 bits per heavy atom. The Balaban J connectivity index is 1.81. The molecule has 1 fully saturated rings. The zero-order valence-corrected chi connectivity index (χ0v) is 14.9. The lowest BCUT2D eigenvalue weighted by Crippen LogP contribution is -2.43. The maximum Gasteiger partial charge on any atom is 0.410 e. The van der Waals surface area contributed by atoms with E-state index in [9.17, 15) is 4.79 Å². The first-order chi connectivity index (χ1) is 10.7. The van der Waals surface area contributed by atoms with E-state index in [-0.39, 0.29) is 6.09 Å². The summed E-state index contributed by atoms with van der Waals surface area (Å²) >= 11 is 0. The van der Waals surface area contributed by atoms with Crippen LogP contribution in [0.3, 0.4) is 0 Å². The largest absolute Gasteiger partial charge is 0.444 e. The van der Waals surface area contributed by atoms with Crippen molar-refractivity contribution >= 4 is 12.0 Å². The van der Waals surface area contributed by atoms with Crippen molar-refractivity contribution in [1.29, 1.82) is 0 Å². The lowest BCUT2D eigenvalue weighted by atomic mass is 9.96. The average Bonchev–Trinajstić information content (AvgIpc) is 2.46. The molecule has 0 saturated carbocycles. The van der Waals surface area contributed by atoms with Gasteiger partial charge in [0.05, 0.1) is 0 Å². The Hall–Kier alpha value is -1.85. The second-order valence-corrected chi connectivity index (χ2v) is 7.29. The van der Waals surface area contributed by atoms with Gasteiger partial charge in [0.15, 0.2) is 0 Å². The molecule has 0 aromatic carbocycles. The Morgan fingerprint density at radius 3 is 2.61 bits per heavy atom. The van der Waals surface area contributed by atoms with Crippen LogP contribution in [0.5, 0.6) is 0 Å². The van der Waals surface area contributed by atoms with Crippen molar-refractivity contribution in [1.82, 2.24) is 14.9 Å². The van der Waals surface area contributed by atoms with Crippen molar-refractivity contribution in [2.24, 2.45) is 5.92 Å². The van der Waals surface area contributed by atoms with Crippen molar-refractivity contribution < 1.29 is 9.53 Å². The molecule has 0 N–H and O–H groups in total. The fourth-order valence-corrected chi connectivity index (χ4v) is 2.71. The molecular weight excluding hydrogens is 292 g/mol. The van der Waals surface area contributed by atoms with Crippen molar-refractivity contribution in [3.63, 3.8) is 0 Å². The number of rotatable bonds is 3. The minimum Gasteiger partial charge on any atom is -0.444 e. The molecule has 1 amide bonds. The number of carbonyl (C=O) groups excluding carboxylic acids is 1. The van der Waals surface area contributed by atoms with E-state index in [4.69, 9.17) is 4.74 Å². The topological polar surface area (TPSA) is 58.6 Å². The van der Waals surface area contributed by atoms with Crippen LogP contribution in [-0.4, -0.2) is 53.2 Å². The number of aryl methyl sites for hydroxylation is 1. The summed E-state index contributed by atoms with van der Waals surface area (Å²) in [6.07, 6.45) is 3.55. The van der Waals surface area contributed by atoms with Crippen LogP contribution in [0.15, 0.2) is 12.3 Å². The van der Waals surface area contributed by atoms with Gasteiger partial charge in [-0.2, -0.15) is 0 Å². The van der Waals surface area contributed by atoms with Crippen LogP contribution in [0.1, 0.15) is 39.3 Å². The molecule has 1 saturated heterocycles. The predicted molar refractivity (Wildman–Crippen MR) is 90.6 cm³/mol. The molecule has 6 heteroatoms. The molecule has 6 nitrogen and oxygen atoms in total. The highest BCUT2D eigenvalue weighted by molar-refractivity contribution is 5.68. The van der Waals surface area contributed by atoms with Gasteiger partial charge in [-0.05, 0) is 52.5 Å². The van der Waals surface area contributed by atoms with Gasteiger partial charge < -0.3 is 14.5 Å². The Kier molecular flexibility index (Phi) is 5.44. The first-order valence-electron chi connectivity index (χ1n) is 8.23. The number of anilines is 1. The Morgan fingerprint density at radius 1 is 1.39 bits per heavy atom. The van der Waals surface area contributed by atoms with Crippen molar-refractivity contribution in [2.45, 2.75) is 46.1 Å². The highest BCUT2D eigenvalue weighted by Gasteiger charge is 2.27. The van der Waals surface area contributed by atoms with Crippen LogP contribution < -0.4 is 4.90 Å². The highest BCUT2D eigenvalue weighted by atomic mass is 16.6. The molecule has 0 unspecified atom stereocenters. The number of amides is 1. The number of ether oxygens (including phenoxy) is 1. The van der Waals surface area contributed by atoms with E-state index >= 15 is 0 Å². The van der Waals surface area contributed by atoms with E-state index in [0.29, 0.717) is 5.92 Å². The van der Waals surface area contributed by atoms with E-state index in [2.05, 4.69) is 14.9 Å². The summed E-state index contributed by atoms with van der Waals surface area (Å²) in [6.45, 7) is 10.1. The van der Waals surface area contributed by atoms with E-state index in [0.717, 1.165) is 44.1 Å². The SMILES string of the molecule is Cc1ccnc(N(C)CC2CCN(C(=O)OC(C)(C)C)CC2)n1. The number of hydrogen-bond donors (Lipinski definition) is 0. The lowest BCUT2D eigenvalue weighted by molar-refractivity contribution is 0.0186. The third-order valence-corrected chi connectivity index (χ3v) is 3.92. The molecule has 2 heterocycles. The van der Waals surface area contributed by atoms with Gasteiger partial charge >= 0.3 is 6.09 Å². The van der Waals surface area contributed by atoms with E-state index in [1.165, 1.54) is 0 Å². The zero-order valence-electron chi connectivity index (χ0n) is 14.9. The van der Waals surface area contributed by atoms with Gasteiger partial charge in [0, 0.05) is 38.6 Å². The summed E-state index contributed by atoms with van der Waals surface area (Å²) in [5.41, 5.74) is 0.540. The first-order valence-corrected chi connectivity index (χ1v) is 8.23. The molecule has 0 aliphatic carbocycles. The quantitative estimate of drug-likeness (QED) is 0.857. The van der Waals surface area contributed by atoms with Crippen LogP contribution in [0.2, 0.25) is 0 Å². The predicted octanol–water partition coefficient (Wildman–Crippen LogP) is 2.87. The van der Waals surface area contributed by atoms with E-state index in [1.807, 2.05) is 45.7 Å². The van der Waals surface area contributed by atoms with Gasteiger partial charge in [0.1, 0.15) is 5.60 Å². The molecule has 0 atom stereocenters. The third-order valence-electron chi connectivity index (χ3n) is 3.92. The second kappa shape index (κ2) is 7.15. The molecule has 0 radical (unpaired) electrons. The van der Waals surface area contributed by atoms with Gasteiger partial charge in [-0.25, -0.2) is 14.8 Å². The van der Waals surface area contributed by atoms with Crippen LogP contribution in [0, 0.1) is 12.8 Å².